The van der Waals surface area contributed by atoms with E-state index in [0.29, 0.717) is 12.0 Å². The summed E-state index contributed by atoms with van der Waals surface area (Å²) in [5.74, 6) is -1.22. The van der Waals surface area contributed by atoms with Crippen LogP contribution in [-0.2, 0) is 35.0 Å². The molecule has 0 bridgehead atoms. The lowest BCUT2D eigenvalue weighted by Crippen LogP contribution is -2.40. The third-order valence-electron chi connectivity index (χ3n) is 6.80. The fourth-order valence-electron chi connectivity index (χ4n) is 3.00. The number of rotatable bonds is 16. The number of hydrogen-bond acceptors (Lipinski definition) is 11. The predicted molar refractivity (Wildman–Crippen MR) is 152 cm³/mol. The molecular weight excluding hydrogens is 534 g/mol. The van der Waals surface area contributed by atoms with Crippen LogP contribution in [0.2, 0.25) is 0 Å². The van der Waals surface area contributed by atoms with Crippen LogP contribution in [0.15, 0.2) is 18.2 Å². The van der Waals surface area contributed by atoms with Gasteiger partial charge in [0.05, 0.1) is 19.1 Å². The van der Waals surface area contributed by atoms with Crippen molar-refractivity contribution in [3.63, 3.8) is 0 Å². The van der Waals surface area contributed by atoms with E-state index in [-0.39, 0.29) is 54.9 Å². The van der Waals surface area contributed by atoms with Gasteiger partial charge in [0.2, 0.25) is 0 Å². The quantitative estimate of drug-likeness (QED) is 0.148. The summed E-state index contributed by atoms with van der Waals surface area (Å²) in [7, 11) is 0. The molecule has 3 unspecified atom stereocenters. The largest absolute Gasteiger partial charge is 0.513 e. The molecule has 0 heterocycles. The number of esters is 2. The molecule has 0 aliphatic rings. The van der Waals surface area contributed by atoms with E-state index in [1.54, 1.807) is 26.8 Å². The Morgan fingerprint density at radius 2 is 1.20 bits per heavy atom. The maximum absolute atomic E-state index is 12.7. The highest BCUT2D eigenvalue weighted by atomic mass is 16.7. The van der Waals surface area contributed by atoms with Crippen LogP contribution >= 0.6 is 0 Å². The summed E-state index contributed by atoms with van der Waals surface area (Å²) in [6.45, 7) is 15.0. The van der Waals surface area contributed by atoms with Crippen molar-refractivity contribution in [1.29, 1.82) is 0 Å². The second-order valence-corrected chi connectivity index (χ2v) is 10.5. The molecule has 2 N–H and O–H groups in total. The van der Waals surface area contributed by atoms with E-state index in [2.05, 4.69) is 0 Å². The molecule has 0 aliphatic carbocycles. The number of carbonyl (C=O) groups is 4. The van der Waals surface area contributed by atoms with E-state index in [0.717, 1.165) is 12.8 Å². The van der Waals surface area contributed by atoms with Gasteiger partial charge in [-0.3, -0.25) is 9.59 Å². The molecule has 0 aromatic heterocycles. The molecule has 0 amide bonds. The lowest BCUT2D eigenvalue weighted by molar-refractivity contribution is -0.168. The van der Waals surface area contributed by atoms with Crippen LogP contribution in [-0.4, -0.2) is 55.7 Å². The first kappa shape index (κ1) is 35.7. The van der Waals surface area contributed by atoms with E-state index in [1.807, 2.05) is 34.6 Å². The van der Waals surface area contributed by atoms with Gasteiger partial charge in [-0.05, 0) is 56.2 Å². The Kier molecular flexibility index (Phi) is 15.8. The molecule has 232 valence electrons. The third-order valence-corrected chi connectivity index (χ3v) is 6.80. The zero-order valence-corrected chi connectivity index (χ0v) is 25.6. The zero-order chi connectivity index (χ0) is 31.1. The van der Waals surface area contributed by atoms with E-state index in [4.69, 9.17) is 34.2 Å². The standard InChI is InChI=1S/C30H47NO10/c1-9-18(4)16-36-29(34)40-25-13-12-23(15-26(25)41-30(35)37-17-19(5)10-2)14-24(31)28(33)39-22(8)21(7)38-27(32)20(6)11-3/h12-13,15,18-22,24H,9-11,14,16-17,31H2,1-8H3/t18?,19?,20?,21-,22-,24-/m0/s1. The third kappa shape index (κ3) is 13.2. The Hall–Kier alpha value is -3.34. The van der Waals surface area contributed by atoms with Crippen LogP contribution in [0, 0.1) is 17.8 Å². The molecule has 0 spiro atoms. The van der Waals surface area contributed by atoms with Crippen LogP contribution in [0.1, 0.15) is 80.2 Å². The van der Waals surface area contributed by atoms with E-state index >= 15 is 0 Å². The molecule has 0 radical (unpaired) electrons. The van der Waals surface area contributed by atoms with Crippen molar-refractivity contribution in [2.24, 2.45) is 23.5 Å². The average Bonchev–Trinajstić information content (AvgIpc) is 2.94. The highest BCUT2D eigenvalue weighted by Crippen LogP contribution is 2.30. The predicted octanol–water partition coefficient (Wildman–Crippen LogP) is 5.59. The van der Waals surface area contributed by atoms with Crippen LogP contribution in [0.4, 0.5) is 9.59 Å². The molecule has 1 aromatic rings. The number of benzene rings is 1. The second kappa shape index (κ2) is 18.2. The fraction of sp³-hybridized carbons (Fsp3) is 0.667. The molecule has 0 saturated carbocycles. The Balaban J connectivity index is 2.95. The summed E-state index contributed by atoms with van der Waals surface area (Å²) in [5, 5.41) is 0. The lowest BCUT2D eigenvalue weighted by Gasteiger charge is -2.23. The Morgan fingerprint density at radius 3 is 1.68 bits per heavy atom. The lowest BCUT2D eigenvalue weighted by atomic mass is 10.1. The van der Waals surface area contributed by atoms with Crippen LogP contribution in [0.3, 0.4) is 0 Å². The summed E-state index contributed by atoms with van der Waals surface area (Å²) in [6.07, 6.45) is -1.03. The molecule has 0 aliphatic heterocycles. The average molecular weight is 582 g/mol. The molecule has 1 rings (SSSR count). The van der Waals surface area contributed by atoms with Crippen molar-refractivity contribution >= 4 is 24.2 Å². The maximum atomic E-state index is 12.7. The smallest absolute Gasteiger partial charge is 0.459 e. The highest BCUT2D eigenvalue weighted by Gasteiger charge is 2.26. The summed E-state index contributed by atoms with van der Waals surface area (Å²) < 4.78 is 31.7. The minimum atomic E-state index is -1.08. The zero-order valence-electron chi connectivity index (χ0n) is 25.6. The van der Waals surface area contributed by atoms with Gasteiger partial charge in [0.15, 0.2) is 11.5 Å². The van der Waals surface area contributed by atoms with Gasteiger partial charge in [0.25, 0.3) is 0 Å². The highest BCUT2D eigenvalue weighted by molar-refractivity contribution is 5.76. The summed E-state index contributed by atoms with van der Waals surface area (Å²) in [4.78, 5) is 49.3. The SMILES string of the molecule is CCC(C)COC(=O)Oc1ccc(C[C@H](N)C(=O)O[C@@H](C)[C@H](C)OC(=O)C(C)CC)cc1OC(=O)OCC(C)CC. The van der Waals surface area contributed by atoms with Gasteiger partial charge in [-0.2, -0.15) is 0 Å². The maximum Gasteiger partial charge on any atom is 0.513 e. The van der Waals surface area contributed by atoms with Crippen molar-refractivity contribution in [3.05, 3.63) is 23.8 Å². The Morgan fingerprint density at radius 1 is 0.707 bits per heavy atom. The molecular formula is C30H47NO10. The first-order chi connectivity index (χ1) is 19.3. The fourth-order valence-corrected chi connectivity index (χ4v) is 3.00. The van der Waals surface area contributed by atoms with E-state index in [9.17, 15) is 19.2 Å². The Labute approximate surface area is 243 Å². The Bertz CT molecular complexity index is 997. The molecule has 0 fully saturated rings. The normalized spacial score (nSPS) is 15.3. The summed E-state index contributed by atoms with van der Waals surface area (Å²) >= 11 is 0. The first-order valence-corrected chi connectivity index (χ1v) is 14.3. The van der Waals surface area contributed by atoms with Crippen LogP contribution in [0.25, 0.3) is 0 Å². The second-order valence-electron chi connectivity index (χ2n) is 10.5. The number of hydrogen-bond donors (Lipinski definition) is 1. The van der Waals surface area contributed by atoms with Gasteiger partial charge in [0.1, 0.15) is 18.2 Å². The van der Waals surface area contributed by atoms with Crippen molar-refractivity contribution in [1.82, 2.24) is 0 Å². The molecule has 0 saturated heterocycles. The first-order valence-electron chi connectivity index (χ1n) is 14.3. The summed E-state index contributed by atoms with van der Waals surface area (Å²) in [5.41, 5.74) is 6.60. The van der Waals surface area contributed by atoms with Crippen molar-refractivity contribution in [2.45, 2.75) is 99.3 Å². The minimum Gasteiger partial charge on any atom is -0.459 e. The van der Waals surface area contributed by atoms with Crippen molar-refractivity contribution < 1.29 is 47.6 Å². The van der Waals surface area contributed by atoms with Gasteiger partial charge in [-0.1, -0.05) is 60.5 Å². The molecule has 6 atom stereocenters. The number of nitrogens with two attached hydrogens (primary N) is 1. The van der Waals surface area contributed by atoms with E-state index in [1.165, 1.54) is 12.1 Å². The van der Waals surface area contributed by atoms with Gasteiger partial charge in [-0.15, -0.1) is 0 Å². The molecule has 1 aromatic carbocycles. The van der Waals surface area contributed by atoms with E-state index < -0.39 is 36.5 Å². The number of carbonyl (C=O) groups excluding carboxylic acids is 4. The monoisotopic (exact) mass is 581 g/mol. The van der Waals surface area contributed by atoms with Gasteiger partial charge in [0, 0.05) is 0 Å². The van der Waals surface area contributed by atoms with Crippen molar-refractivity contribution in [2.75, 3.05) is 13.2 Å². The van der Waals surface area contributed by atoms with Crippen molar-refractivity contribution in [3.8, 4) is 11.5 Å². The van der Waals surface area contributed by atoms with Crippen LogP contribution in [0.5, 0.6) is 11.5 Å². The minimum absolute atomic E-state index is 0.0175. The molecule has 11 nitrogen and oxygen atoms in total. The summed E-state index contributed by atoms with van der Waals surface area (Å²) in [6, 6.07) is 3.33. The molecule has 41 heavy (non-hydrogen) atoms. The van der Waals surface area contributed by atoms with Gasteiger partial charge < -0.3 is 34.2 Å². The van der Waals surface area contributed by atoms with Gasteiger partial charge in [-0.25, -0.2) is 9.59 Å². The van der Waals surface area contributed by atoms with Crippen LogP contribution < -0.4 is 15.2 Å². The van der Waals surface area contributed by atoms with Gasteiger partial charge >= 0.3 is 24.2 Å². The number of ether oxygens (including phenoxy) is 6. The topological polar surface area (TPSA) is 150 Å². The molecule has 11 heteroatoms.